The number of piperidine rings is 1. The Morgan fingerprint density at radius 1 is 1.16 bits per heavy atom. The van der Waals surface area contributed by atoms with Crippen LogP contribution in [0.4, 0.5) is 0 Å². The molecular formula is C18H27N3O3S. The normalized spacial score (nSPS) is 25.0. The van der Waals surface area contributed by atoms with Gasteiger partial charge >= 0.3 is 0 Å². The second kappa shape index (κ2) is 8.29. The number of nitrogens with one attached hydrogen (secondary N) is 2. The predicted octanol–water partition coefficient (Wildman–Crippen LogP) is 0.892. The van der Waals surface area contributed by atoms with E-state index < -0.39 is 21.3 Å². The van der Waals surface area contributed by atoms with E-state index in [-0.39, 0.29) is 5.91 Å². The maximum absolute atomic E-state index is 12.7. The molecule has 2 fully saturated rings. The molecule has 25 heavy (non-hydrogen) atoms. The molecule has 2 aliphatic heterocycles. The maximum Gasteiger partial charge on any atom is 0.237 e. The maximum atomic E-state index is 12.7. The van der Waals surface area contributed by atoms with E-state index in [0.717, 1.165) is 25.7 Å². The lowest BCUT2D eigenvalue weighted by atomic mass is 10.1. The Balaban J connectivity index is 1.47. The topological polar surface area (TPSA) is 78.5 Å². The third-order valence-corrected chi connectivity index (χ3v) is 7.35. The van der Waals surface area contributed by atoms with Crippen LogP contribution in [-0.4, -0.2) is 56.1 Å². The second-order valence-electron chi connectivity index (χ2n) is 6.85. The highest BCUT2D eigenvalue weighted by molar-refractivity contribution is 7.89. The third kappa shape index (κ3) is 4.59. The Labute approximate surface area is 150 Å². The molecule has 0 aliphatic carbocycles. The average Bonchev–Trinajstić information content (AvgIpc) is 3.14. The van der Waals surface area contributed by atoms with Crippen LogP contribution < -0.4 is 10.6 Å². The van der Waals surface area contributed by atoms with Gasteiger partial charge in [-0.25, -0.2) is 12.7 Å². The van der Waals surface area contributed by atoms with Gasteiger partial charge in [0.15, 0.2) is 0 Å². The molecule has 1 aromatic carbocycles. The lowest BCUT2D eigenvalue weighted by Gasteiger charge is -2.28. The first kappa shape index (κ1) is 18.4. The van der Waals surface area contributed by atoms with Crippen LogP contribution in [0.2, 0.25) is 0 Å². The van der Waals surface area contributed by atoms with Gasteiger partial charge in [-0.2, -0.15) is 0 Å². The number of benzene rings is 1. The fraction of sp³-hybridized carbons (Fsp3) is 0.611. The molecule has 2 unspecified atom stereocenters. The van der Waals surface area contributed by atoms with Crippen LogP contribution in [0.1, 0.15) is 31.2 Å². The Bertz CT molecular complexity index is 672. The fourth-order valence-corrected chi connectivity index (χ4v) is 5.49. The van der Waals surface area contributed by atoms with Gasteiger partial charge in [-0.1, -0.05) is 36.8 Å². The summed E-state index contributed by atoms with van der Waals surface area (Å²) in [6, 6.07) is 9.56. The molecule has 7 heteroatoms. The van der Waals surface area contributed by atoms with Crippen molar-refractivity contribution in [2.75, 3.05) is 26.2 Å². The molecule has 2 N–H and O–H groups in total. The van der Waals surface area contributed by atoms with Crippen LogP contribution in [-0.2, 0) is 21.2 Å². The molecule has 0 aromatic heterocycles. The Hall–Kier alpha value is -1.44. The van der Waals surface area contributed by atoms with Crippen molar-refractivity contribution in [3.63, 3.8) is 0 Å². The van der Waals surface area contributed by atoms with Crippen molar-refractivity contribution in [2.24, 2.45) is 0 Å². The monoisotopic (exact) mass is 365 g/mol. The van der Waals surface area contributed by atoms with Crippen LogP contribution >= 0.6 is 0 Å². The SMILES string of the molecule is O=C(NCCc1ccccc1)C1CC(S(=O)(=O)N2CCCCC2)CN1. The Morgan fingerprint density at radius 2 is 1.88 bits per heavy atom. The predicted molar refractivity (Wildman–Crippen MR) is 97.7 cm³/mol. The molecule has 1 aromatic rings. The standard InChI is InChI=1S/C18H27N3O3S/c22-18(19-10-9-15-7-3-1-4-8-15)17-13-16(14-20-17)25(23,24)21-11-5-2-6-12-21/h1,3-4,7-8,16-17,20H,2,5-6,9-14H2,(H,19,22). The minimum absolute atomic E-state index is 0.104. The van der Waals surface area contributed by atoms with Gasteiger partial charge in [0, 0.05) is 26.2 Å². The summed E-state index contributed by atoms with van der Waals surface area (Å²) in [6.45, 7) is 2.15. The fourth-order valence-electron chi connectivity index (χ4n) is 3.56. The minimum atomic E-state index is -3.30. The van der Waals surface area contributed by atoms with Gasteiger partial charge in [-0.05, 0) is 31.2 Å². The van der Waals surface area contributed by atoms with Crippen LogP contribution in [0.25, 0.3) is 0 Å². The van der Waals surface area contributed by atoms with E-state index in [0.29, 0.717) is 32.6 Å². The molecule has 1 amide bonds. The van der Waals surface area contributed by atoms with Gasteiger partial charge < -0.3 is 10.6 Å². The van der Waals surface area contributed by atoms with Crippen molar-refractivity contribution >= 4 is 15.9 Å². The lowest BCUT2D eigenvalue weighted by Crippen LogP contribution is -2.42. The summed E-state index contributed by atoms with van der Waals surface area (Å²) in [7, 11) is -3.30. The van der Waals surface area contributed by atoms with Crippen LogP contribution in [0.5, 0.6) is 0 Å². The molecule has 0 spiro atoms. The Morgan fingerprint density at radius 3 is 2.60 bits per heavy atom. The Kier molecular flexibility index (Phi) is 6.09. The number of nitrogens with zero attached hydrogens (tertiary/aromatic N) is 1. The molecule has 2 atom stereocenters. The first-order valence-corrected chi connectivity index (χ1v) is 10.6. The summed E-state index contributed by atoms with van der Waals surface area (Å²) in [5, 5.41) is 5.51. The van der Waals surface area contributed by atoms with E-state index in [1.54, 1.807) is 4.31 Å². The summed E-state index contributed by atoms with van der Waals surface area (Å²) in [5.74, 6) is -0.104. The minimum Gasteiger partial charge on any atom is -0.354 e. The first-order valence-electron chi connectivity index (χ1n) is 9.11. The molecule has 0 saturated carbocycles. The van der Waals surface area contributed by atoms with Crippen molar-refractivity contribution in [3.8, 4) is 0 Å². The van der Waals surface area contributed by atoms with E-state index in [1.807, 2.05) is 30.3 Å². The first-order chi connectivity index (χ1) is 12.1. The molecule has 0 bridgehead atoms. The number of carbonyl (C=O) groups is 1. The molecule has 2 heterocycles. The van der Waals surface area contributed by atoms with E-state index in [4.69, 9.17) is 0 Å². The zero-order valence-electron chi connectivity index (χ0n) is 14.5. The zero-order chi connectivity index (χ0) is 17.7. The van der Waals surface area contributed by atoms with E-state index in [1.165, 1.54) is 5.56 Å². The van der Waals surface area contributed by atoms with E-state index in [2.05, 4.69) is 10.6 Å². The number of carbonyl (C=O) groups excluding carboxylic acids is 1. The molecular weight excluding hydrogens is 338 g/mol. The summed E-state index contributed by atoms with van der Waals surface area (Å²) in [5.41, 5.74) is 1.17. The largest absolute Gasteiger partial charge is 0.354 e. The summed E-state index contributed by atoms with van der Waals surface area (Å²) >= 11 is 0. The second-order valence-corrected chi connectivity index (χ2v) is 9.06. The van der Waals surface area contributed by atoms with Crippen molar-refractivity contribution in [2.45, 2.75) is 43.4 Å². The van der Waals surface area contributed by atoms with Gasteiger partial charge in [-0.3, -0.25) is 4.79 Å². The van der Waals surface area contributed by atoms with Crippen LogP contribution in [0, 0.1) is 0 Å². The quantitative estimate of drug-likeness (QED) is 0.785. The molecule has 3 rings (SSSR count). The highest BCUT2D eigenvalue weighted by atomic mass is 32.2. The van der Waals surface area contributed by atoms with Crippen LogP contribution in [0.3, 0.4) is 0 Å². The number of rotatable bonds is 6. The lowest BCUT2D eigenvalue weighted by molar-refractivity contribution is -0.122. The van der Waals surface area contributed by atoms with Crippen molar-refractivity contribution in [1.29, 1.82) is 0 Å². The van der Waals surface area contributed by atoms with Gasteiger partial charge in [0.1, 0.15) is 0 Å². The van der Waals surface area contributed by atoms with Gasteiger partial charge in [0.2, 0.25) is 15.9 Å². The highest BCUT2D eigenvalue weighted by Crippen LogP contribution is 2.22. The molecule has 2 saturated heterocycles. The summed E-state index contributed by atoms with van der Waals surface area (Å²) < 4.78 is 27.0. The number of hydrogen-bond acceptors (Lipinski definition) is 4. The summed E-state index contributed by atoms with van der Waals surface area (Å²) in [6.07, 6.45) is 4.09. The summed E-state index contributed by atoms with van der Waals surface area (Å²) in [4.78, 5) is 12.3. The molecule has 0 radical (unpaired) electrons. The van der Waals surface area contributed by atoms with Gasteiger partial charge in [0.05, 0.1) is 11.3 Å². The number of hydrogen-bond donors (Lipinski definition) is 2. The van der Waals surface area contributed by atoms with Crippen molar-refractivity contribution in [3.05, 3.63) is 35.9 Å². The van der Waals surface area contributed by atoms with E-state index in [9.17, 15) is 13.2 Å². The zero-order valence-corrected chi connectivity index (χ0v) is 15.3. The number of amides is 1. The molecule has 6 nitrogen and oxygen atoms in total. The van der Waals surface area contributed by atoms with Gasteiger partial charge in [-0.15, -0.1) is 0 Å². The van der Waals surface area contributed by atoms with Gasteiger partial charge in [0.25, 0.3) is 0 Å². The molecule has 2 aliphatic rings. The van der Waals surface area contributed by atoms with Crippen molar-refractivity contribution < 1.29 is 13.2 Å². The average molecular weight is 365 g/mol. The van der Waals surface area contributed by atoms with Crippen molar-refractivity contribution in [1.82, 2.24) is 14.9 Å². The number of sulfonamides is 1. The molecule has 138 valence electrons. The van der Waals surface area contributed by atoms with Crippen LogP contribution in [0.15, 0.2) is 30.3 Å². The third-order valence-electron chi connectivity index (χ3n) is 5.06. The smallest absolute Gasteiger partial charge is 0.237 e. The highest BCUT2D eigenvalue weighted by Gasteiger charge is 2.40. The van der Waals surface area contributed by atoms with E-state index >= 15 is 0 Å².